The van der Waals surface area contributed by atoms with Crippen molar-refractivity contribution in [3.8, 4) is 16.9 Å². The van der Waals surface area contributed by atoms with Crippen molar-refractivity contribution in [1.82, 2.24) is 0 Å². The van der Waals surface area contributed by atoms with Crippen molar-refractivity contribution in [2.75, 3.05) is 0 Å². The molecule has 0 heterocycles. The van der Waals surface area contributed by atoms with Gasteiger partial charge in [-0.3, -0.25) is 0 Å². The first-order chi connectivity index (χ1) is 15.7. The molecule has 4 rings (SSSR count). The lowest BCUT2D eigenvalue weighted by Crippen LogP contribution is -2.29. The van der Waals surface area contributed by atoms with Gasteiger partial charge in [0.25, 0.3) is 0 Å². The summed E-state index contributed by atoms with van der Waals surface area (Å²) >= 11 is 9.77. The number of hydrogen-bond donors (Lipinski definition) is 1. The van der Waals surface area contributed by atoms with Crippen LogP contribution in [0.3, 0.4) is 0 Å². The summed E-state index contributed by atoms with van der Waals surface area (Å²) in [5.41, 5.74) is 0.848. The molecule has 0 unspecified atom stereocenters. The van der Waals surface area contributed by atoms with Crippen LogP contribution >= 0.6 is 27.5 Å². The Kier molecular flexibility index (Phi) is 6.52. The van der Waals surface area contributed by atoms with Gasteiger partial charge in [-0.25, -0.2) is 0 Å². The van der Waals surface area contributed by atoms with Crippen molar-refractivity contribution in [1.29, 1.82) is 0 Å². The van der Waals surface area contributed by atoms with Crippen LogP contribution in [0.4, 0.5) is 13.2 Å². The minimum absolute atomic E-state index is 0.371. The van der Waals surface area contributed by atoms with Crippen molar-refractivity contribution < 1.29 is 23.0 Å². The van der Waals surface area contributed by atoms with Gasteiger partial charge in [0, 0.05) is 15.1 Å². The summed E-state index contributed by atoms with van der Waals surface area (Å²) in [7, 11) is 0. The standard InChI is InChI=1S/C26H17BrClF3O2/c27-24-14-12-20(33-26(29,30)31)16-22(24)21-13-11-19(28)15-23(21)25(32,17-7-3-1-4-8-17)18-9-5-2-6-10-18/h1-16,32H. The van der Waals surface area contributed by atoms with Crippen LogP contribution in [-0.4, -0.2) is 11.5 Å². The van der Waals surface area contributed by atoms with E-state index in [1.807, 2.05) is 12.1 Å². The van der Waals surface area contributed by atoms with Gasteiger partial charge in [-0.05, 0) is 52.6 Å². The first-order valence-electron chi connectivity index (χ1n) is 9.87. The minimum atomic E-state index is -4.83. The molecule has 0 fully saturated rings. The molecule has 0 bridgehead atoms. The maximum absolute atomic E-state index is 12.8. The molecule has 1 N–H and O–H groups in total. The van der Waals surface area contributed by atoms with Gasteiger partial charge in [0.05, 0.1) is 0 Å². The summed E-state index contributed by atoms with van der Waals surface area (Å²) in [6, 6.07) is 26.9. The van der Waals surface area contributed by atoms with Crippen LogP contribution in [0.2, 0.25) is 5.02 Å². The van der Waals surface area contributed by atoms with Crippen molar-refractivity contribution in [3.05, 3.63) is 123 Å². The van der Waals surface area contributed by atoms with Gasteiger partial charge < -0.3 is 9.84 Å². The van der Waals surface area contributed by atoms with Crippen molar-refractivity contribution >= 4 is 27.5 Å². The van der Waals surface area contributed by atoms with Crippen LogP contribution in [0.1, 0.15) is 16.7 Å². The highest BCUT2D eigenvalue weighted by atomic mass is 79.9. The maximum atomic E-state index is 12.8. The summed E-state index contributed by atoms with van der Waals surface area (Å²) in [6.07, 6.45) is -4.83. The Labute approximate surface area is 202 Å². The van der Waals surface area contributed by atoms with Gasteiger partial charge >= 0.3 is 6.36 Å². The molecule has 0 atom stereocenters. The second-order valence-electron chi connectivity index (χ2n) is 7.32. The molecule has 0 saturated heterocycles. The van der Waals surface area contributed by atoms with E-state index in [1.54, 1.807) is 66.7 Å². The molecule has 7 heteroatoms. The summed E-state index contributed by atoms with van der Waals surface area (Å²) in [6.45, 7) is 0. The monoisotopic (exact) mass is 532 g/mol. The average molecular weight is 534 g/mol. The Balaban J connectivity index is 2.00. The second-order valence-corrected chi connectivity index (χ2v) is 8.61. The van der Waals surface area contributed by atoms with E-state index in [9.17, 15) is 18.3 Å². The molecule has 0 amide bonds. The molecule has 0 saturated carbocycles. The molecule has 168 valence electrons. The quantitative estimate of drug-likeness (QED) is 0.264. The van der Waals surface area contributed by atoms with Crippen molar-refractivity contribution in [2.45, 2.75) is 12.0 Å². The Bertz CT molecular complexity index is 1220. The SMILES string of the molecule is OC(c1ccccc1)(c1ccccc1)c1cc(Cl)ccc1-c1cc(OC(F)(F)F)ccc1Br. The molecule has 33 heavy (non-hydrogen) atoms. The van der Waals surface area contributed by atoms with Gasteiger partial charge in [0.15, 0.2) is 0 Å². The lowest BCUT2D eigenvalue weighted by atomic mass is 9.77. The largest absolute Gasteiger partial charge is 0.573 e. The average Bonchev–Trinajstić information content (AvgIpc) is 2.80. The Hall–Kier alpha value is -2.80. The van der Waals surface area contributed by atoms with Gasteiger partial charge in [-0.1, -0.05) is 94.3 Å². The number of ether oxygens (including phenoxy) is 1. The number of halogens is 5. The number of rotatable bonds is 5. The van der Waals surface area contributed by atoms with Gasteiger partial charge in [0.1, 0.15) is 11.4 Å². The molecule has 0 radical (unpaired) electrons. The molecule has 0 aliphatic heterocycles. The molecule has 0 aliphatic carbocycles. The molecule has 2 nitrogen and oxygen atoms in total. The van der Waals surface area contributed by atoms with Gasteiger partial charge in [-0.2, -0.15) is 0 Å². The molecule has 4 aromatic rings. The molecular formula is C26H17BrClF3O2. The molecule has 0 aliphatic rings. The predicted molar refractivity (Wildman–Crippen MR) is 126 cm³/mol. The molecule has 0 spiro atoms. The molecular weight excluding hydrogens is 517 g/mol. The summed E-state index contributed by atoms with van der Waals surface area (Å²) in [4.78, 5) is 0. The zero-order valence-corrected chi connectivity index (χ0v) is 19.3. The summed E-state index contributed by atoms with van der Waals surface area (Å²) < 4.78 is 43.2. The van der Waals surface area contributed by atoms with Crippen LogP contribution in [0.15, 0.2) is 102 Å². The van der Waals surface area contributed by atoms with E-state index in [0.29, 0.717) is 37.3 Å². The zero-order valence-electron chi connectivity index (χ0n) is 17.0. The highest BCUT2D eigenvalue weighted by Crippen LogP contribution is 2.45. The fraction of sp³-hybridized carbons (Fsp3) is 0.0769. The predicted octanol–water partition coefficient (Wildman–Crippen LogP) is 7.95. The van der Waals surface area contributed by atoms with Gasteiger partial charge in [-0.15, -0.1) is 13.2 Å². The van der Waals surface area contributed by atoms with Crippen LogP contribution in [0, 0.1) is 0 Å². The fourth-order valence-electron chi connectivity index (χ4n) is 3.79. The van der Waals surface area contributed by atoms with E-state index < -0.39 is 12.0 Å². The smallest absolute Gasteiger partial charge is 0.406 e. The lowest BCUT2D eigenvalue weighted by molar-refractivity contribution is -0.274. The summed E-state index contributed by atoms with van der Waals surface area (Å²) in [5.74, 6) is -0.371. The van der Waals surface area contributed by atoms with E-state index in [1.165, 1.54) is 18.2 Å². The third-order valence-electron chi connectivity index (χ3n) is 5.22. The van der Waals surface area contributed by atoms with Crippen LogP contribution < -0.4 is 4.74 Å². The van der Waals surface area contributed by atoms with E-state index in [-0.39, 0.29) is 5.75 Å². The number of benzene rings is 4. The van der Waals surface area contributed by atoms with E-state index in [0.717, 1.165) is 0 Å². The zero-order chi connectivity index (χ0) is 23.6. The molecule has 4 aromatic carbocycles. The highest BCUT2D eigenvalue weighted by molar-refractivity contribution is 9.10. The Morgan fingerprint density at radius 3 is 1.85 bits per heavy atom. The van der Waals surface area contributed by atoms with E-state index >= 15 is 0 Å². The third kappa shape index (κ3) is 4.93. The summed E-state index contributed by atoms with van der Waals surface area (Å²) in [5, 5.41) is 12.6. The normalized spacial score (nSPS) is 11.9. The van der Waals surface area contributed by atoms with E-state index in [2.05, 4.69) is 20.7 Å². The highest BCUT2D eigenvalue weighted by Gasteiger charge is 2.37. The number of hydrogen-bond acceptors (Lipinski definition) is 2. The Morgan fingerprint density at radius 1 is 0.727 bits per heavy atom. The fourth-order valence-corrected chi connectivity index (χ4v) is 4.43. The third-order valence-corrected chi connectivity index (χ3v) is 6.14. The lowest BCUT2D eigenvalue weighted by Gasteiger charge is -2.32. The van der Waals surface area contributed by atoms with Crippen LogP contribution in [-0.2, 0) is 5.60 Å². The van der Waals surface area contributed by atoms with Crippen molar-refractivity contribution in [2.24, 2.45) is 0 Å². The van der Waals surface area contributed by atoms with Gasteiger partial charge in [0.2, 0.25) is 0 Å². The maximum Gasteiger partial charge on any atom is 0.573 e. The number of aliphatic hydroxyl groups is 1. The van der Waals surface area contributed by atoms with Crippen molar-refractivity contribution in [3.63, 3.8) is 0 Å². The Morgan fingerprint density at radius 2 is 1.30 bits per heavy atom. The van der Waals surface area contributed by atoms with E-state index in [4.69, 9.17) is 11.6 Å². The second kappa shape index (κ2) is 9.21. The van der Waals surface area contributed by atoms with Crippen LogP contribution in [0.5, 0.6) is 5.75 Å². The number of alkyl halides is 3. The topological polar surface area (TPSA) is 29.5 Å². The molecule has 0 aromatic heterocycles. The first kappa shape index (κ1) is 23.4. The van der Waals surface area contributed by atoms with Crippen LogP contribution in [0.25, 0.3) is 11.1 Å². The first-order valence-corrected chi connectivity index (χ1v) is 11.0. The minimum Gasteiger partial charge on any atom is -0.406 e.